The number of benzene rings is 2. The number of nitro benzene ring substituents is 1. The van der Waals surface area contributed by atoms with E-state index >= 15 is 0 Å². The molecule has 0 heterocycles. The molecule has 0 unspecified atom stereocenters. The lowest BCUT2D eigenvalue weighted by molar-refractivity contribution is -0.385. The molecule has 0 aromatic heterocycles. The molecule has 2 rings (SSSR count). The highest BCUT2D eigenvalue weighted by molar-refractivity contribution is 9.10. The van der Waals surface area contributed by atoms with E-state index in [0.29, 0.717) is 6.54 Å². The lowest BCUT2D eigenvalue weighted by Crippen LogP contribution is -2.26. The van der Waals surface area contributed by atoms with E-state index in [1.165, 1.54) is 11.8 Å². The van der Waals surface area contributed by atoms with Gasteiger partial charge in [0.25, 0.3) is 11.6 Å². The molecule has 0 N–H and O–H groups in total. The number of rotatable bonds is 4. The zero-order chi connectivity index (χ0) is 17.1. The molecular formula is C16H14BrFN2O3. The summed E-state index contributed by atoms with van der Waals surface area (Å²) in [5.74, 6) is -1.24. The predicted molar refractivity (Wildman–Crippen MR) is 87.7 cm³/mol. The fourth-order valence-corrected chi connectivity index (χ4v) is 2.40. The summed E-state index contributed by atoms with van der Waals surface area (Å²) in [6.45, 7) is 1.63. The molecule has 0 spiro atoms. The topological polar surface area (TPSA) is 63.5 Å². The van der Waals surface area contributed by atoms with Gasteiger partial charge in [0.15, 0.2) is 0 Å². The SMILES string of the molecule is Cc1c(F)cc(C(=O)N(C)Cc2ccc(Br)cc2)cc1[N+](=O)[O-]. The number of nitro groups is 1. The van der Waals surface area contributed by atoms with Crippen molar-refractivity contribution in [3.63, 3.8) is 0 Å². The molecule has 0 bridgehead atoms. The van der Waals surface area contributed by atoms with Gasteiger partial charge < -0.3 is 4.90 Å². The predicted octanol–water partition coefficient (Wildman–Crippen LogP) is 4.08. The Bertz CT molecular complexity index is 763. The standard InChI is InChI=1S/C16H14BrFN2O3/c1-10-14(18)7-12(8-15(10)20(22)23)16(21)19(2)9-11-3-5-13(17)6-4-11/h3-8H,9H2,1-2H3. The molecule has 1 amide bonds. The van der Waals surface area contributed by atoms with Gasteiger partial charge in [-0.2, -0.15) is 0 Å². The van der Waals surface area contributed by atoms with Crippen molar-refractivity contribution in [1.82, 2.24) is 4.90 Å². The quantitative estimate of drug-likeness (QED) is 0.592. The van der Waals surface area contributed by atoms with Gasteiger partial charge in [-0.15, -0.1) is 0 Å². The van der Waals surface area contributed by atoms with Gasteiger partial charge in [-0.25, -0.2) is 4.39 Å². The zero-order valence-electron chi connectivity index (χ0n) is 12.5. The summed E-state index contributed by atoms with van der Waals surface area (Å²) >= 11 is 3.33. The summed E-state index contributed by atoms with van der Waals surface area (Å²) in [5.41, 5.74) is 0.373. The molecular weight excluding hydrogens is 367 g/mol. The maximum Gasteiger partial charge on any atom is 0.276 e. The molecule has 0 aliphatic rings. The summed E-state index contributed by atoms with van der Waals surface area (Å²) < 4.78 is 14.7. The highest BCUT2D eigenvalue weighted by Gasteiger charge is 2.21. The Kier molecular flexibility index (Phi) is 5.10. The van der Waals surface area contributed by atoms with Gasteiger partial charge in [0.2, 0.25) is 0 Å². The number of carbonyl (C=O) groups is 1. The maximum absolute atomic E-state index is 13.8. The first-order chi connectivity index (χ1) is 10.8. The van der Waals surface area contributed by atoms with E-state index in [1.54, 1.807) is 7.05 Å². The molecule has 7 heteroatoms. The molecule has 0 aliphatic heterocycles. The molecule has 5 nitrogen and oxygen atoms in total. The molecule has 120 valence electrons. The largest absolute Gasteiger partial charge is 0.337 e. The van der Waals surface area contributed by atoms with E-state index in [9.17, 15) is 19.3 Å². The molecule has 0 atom stereocenters. The van der Waals surface area contributed by atoms with Crippen LogP contribution in [0.4, 0.5) is 10.1 Å². The third-order valence-electron chi connectivity index (χ3n) is 3.44. The average Bonchev–Trinajstić information content (AvgIpc) is 2.51. The number of nitrogens with zero attached hydrogens (tertiary/aromatic N) is 2. The Hall–Kier alpha value is -2.28. The first-order valence-corrected chi connectivity index (χ1v) is 7.53. The van der Waals surface area contributed by atoms with Crippen LogP contribution in [0.15, 0.2) is 40.9 Å². The van der Waals surface area contributed by atoms with Crippen molar-refractivity contribution in [3.05, 3.63) is 73.5 Å². The monoisotopic (exact) mass is 380 g/mol. The van der Waals surface area contributed by atoms with Crippen LogP contribution in [0.2, 0.25) is 0 Å². The first-order valence-electron chi connectivity index (χ1n) is 6.74. The molecule has 23 heavy (non-hydrogen) atoms. The average molecular weight is 381 g/mol. The van der Waals surface area contributed by atoms with Crippen molar-refractivity contribution < 1.29 is 14.1 Å². The second-order valence-electron chi connectivity index (χ2n) is 5.15. The first kappa shape index (κ1) is 17.1. The van der Waals surface area contributed by atoms with Gasteiger partial charge in [-0.05, 0) is 30.7 Å². The van der Waals surface area contributed by atoms with E-state index < -0.39 is 22.3 Å². The fourth-order valence-electron chi connectivity index (χ4n) is 2.13. The van der Waals surface area contributed by atoms with Crippen molar-refractivity contribution in [2.45, 2.75) is 13.5 Å². The number of amides is 1. The van der Waals surface area contributed by atoms with Crippen LogP contribution >= 0.6 is 15.9 Å². The van der Waals surface area contributed by atoms with Gasteiger partial charge >= 0.3 is 0 Å². The molecule has 0 saturated heterocycles. The smallest absolute Gasteiger partial charge is 0.276 e. The van der Waals surface area contributed by atoms with Crippen LogP contribution in [0.1, 0.15) is 21.5 Å². The van der Waals surface area contributed by atoms with Crippen LogP contribution in [0, 0.1) is 22.9 Å². The number of carbonyl (C=O) groups excluding carboxylic acids is 1. The summed E-state index contributed by atoms with van der Waals surface area (Å²) in [6, 6.07) is 9.55. The van der Waals surface area contributed by atoms with Gasteiger partial charge in [0.05, 0.1) is 10.5 Å². The minimum absolute atomic E-state index is 0.0422. The molecule has 0 aliphatic carbocycles. The summed E-state index contributed by atoms with van der Waals surface area (Å²) in [6.07, 6.45) is 0. The van der Waals surface area contributed by atoms with Crippen LogP contribution in [0.5, 0.6) is 0 Å². The Morgan fingerprint density at radius 1 is 1.30 bits per heavy atom. The number of hydrogen-bond donors (Lipinski definition) is 0. The highest BCUT2D eigenvalue weighted by Crippen LogP contribution is 2.24. The van der Waals surface area contributed by atoms with Crippen molar-refractivity contribution in [3.8, 4) is 0 Å². The Balaban J connectivity index is 2.25. The van der Waals surface area contributed by atoms with Crippen LogP contribution in [0.3, 0.4) is 0 Å². The third-order valence-corrected chi connectivity index (χ3v) is 3.97. The van der Waals surface area contributed by atoms with Gasteiger partial charge in [0, 0.05) is 29.7 Å². The normalized spacial score (nSPS) is 10.4. The molecule has 0 radical (unpaired) electrons. The fraction of sp³-hybridized carbons (Fsp3) is 0.188. The van der Waals surface area contributed by atoms with Crippen molar-refractivity contribution in [2.75, 3.05) is 7.05 Å². The Morgan fingerprint density at radius 3 is 2.48 bits per heavy atom. The molecule has 2 aromatic rings. The summed E-state index contributed by atoms with van der Waals surface area (Å²) in [5, 5.41) is 11.0. The number of hydrogen-bond acceptors (Lipinski definition) is 3. The van der Waals surface area contributed by atoms with Crippen molar-refractivity contribution >= 4 is 27.5 Å². The van der Waals surface area contributed by atoms with Gasteiger partial charge in [-0.3, -0.25) is 14.9 Å². The van der Waals surface area contributed by atoms with Crippen LogP contribution < -0.4 is 0 Å². The summed E-state index contributed by atoms with van der Waals surface area (Å²) in [7, 11) is 1.56. The van der Waals surface area contributed by atoms with Crippen LogP contribution in [0.25, 0.3) is 0 Å². The number of halogens is 2. The lowest BCUT2D eigenvalue weighted by Gasteiger charge is -2.17. The van der Waals surface area contributed by atoms with E-state index in [2.05, 4.69) is 15.9 Å². The lowest BCUT2D eigenvalue weighted by atomic mass is 10.1. The van der Waals surface area contributed by atoms with Gasteiger partial charge in [0.1, 0.15) is 5.82 Å². The highest BCUT2D eigenvalue weighted by atomic mass is 79.9. The second-order valence-corrected chi connectivity index (χ2v) is 6.06. The summed E-state index contributed by atoms with van der Waals surface area (Å²) in [4.78, 5) is 24.0. The van der Waals surface area contributed by atoms with E-state index in [1.807, 2.05) is 24.3 Å². The Labute approximate surface area is 141 Å². The van der Waals surface area contributed by atoms with Crippen molar-refractivity contribution in [2.24, 2.45) is 0 Å². The molecule has 0 fully saturated rings. The molecule has 2 aromatic carbocycles. The van der Waals surface area contributed by atoms with E-state index in [0.717, 1.165) is 22.2 Å². The molecule has 0 saturated carbocycles. The zero-order valence-corrected chi connectivity index (χ0v) is 14.1. The Morgan fingerprint density at radius 2 is 1.91 bits per heavy atom. The van der Waals surface area contributed by atoms with E-state index in [4.69, 9.17) is 0 Å². The minimum atomic E-state index is -0.764. The van der Waals surface area contributed by atoms with Crippen LogP contribution in [-0.4, -0.2) is 22.8 Å². The van der Waals surface area contributed by atoms with Crippen LogP contribution in [-0.2, 0) is 6.54 Å². The van der Waals surface area contributed by atoms with Crippen molar-refractivity contribution in [1.29, 1.82) is 0 Å². The maximum atomic E-state index is 13.8. The van der Waals surface area contributed by atoms with E-state index in [-0.39, 0.29) is 11.1 Å². The third kappa shape index (κ3) is 3.92. The van der Waals surface area contributed by atoms with Gasteiger partial charge in [-0.1, -0.05) is 28.1 Å². The second kappa shape index (κ2) is 6.87. The minimum Gasteiger partial charge on any atom is -0.337 e.